The molecule has 0 aliphatic rings. The summed E-state index contributed by atoms with van der Waals surface area (Å²) in [6.45, 7) is 5.95. The molecule has 1 heterocycles. The van der Waals surface area contributed by atoms with E-state index in [0.717, 1.165) is 12.0 Å². The van der Waals surface area contributed by atoms with E-state index in [0.29, 0.717) is 0 Å². The van der Waals surface area contributed by atoms with E-state index in [9.17, 15) is 9.59 Å². The molecule has 1 aromatic heterocycles. The minimum atomic E-state index is -0.151. The maximum Gasteiger partial charge on any atom is 0.251 e. The molecule has 0 saturated heterocycles. The van der Waals surface area contributed by atoms with Crippen molar-refractivity contribution in [3.63, 3.8) is 0 Å². The Morgan fingerprint density at radius 2 is 1.95 bits per heavy atom. The second-order valence-electron chi connectivity index (χ2n) is 5.77. The lowest BCUT2D eigenvalue weighted by atomic mass is 10.0. The van der Waals surface area contributed by atoms with Crippen molar-refractivity contribution in [2.75, 3.05) is 0 Å². The summed E-state index contributed by atoms with van der Waals surface area (Å²) >= 11 is 0. The molecule has 0 bridgehead atoms. The summed E-state index contributed by atoms with van der Waals surface area (Å²) in [5, 5.41) is 2.95. The number of nitrogens with one attached hydrogen (secondary N) is 1. The molecule has 116 valence electrons. The quantitative estimate of drug-likeness (QED) is 0.920. The van der Waals surface area contributed by atoms with E-state index in [1.54, 1.807) is 6.20 Å². The average Bonchev–Trinajstić information content (AvgIpc) is 2.44. The molecule has 4 heteroatoms. The van der Waals surface area contributed by atoms with Crippen LogP contribution < -0.4 is 10.9 Å². The zero-order chi connectivity index (χ0) is 16.1. The summed E-state index contributed by atoms with van der Waals surface area (Å²) in [7, 11) is 0. The first-order valence-electron chi connectivity index (χ1n) is 7.46. The van der Waals surface area contributed by atoms with Crippen LogP contribution in [0, 0.1) is 13.8 Å². The fraction of sp³-hybridized carbons (Fsp3) is 0.333. The first kappa shape index (κ1) is 16.0. The predicted octanol–water partition coefficient (Wildman–Crippen LogP) is 2.21. The maximum atomic E-state index is 12.1. The van der Waals surface area contributed by atoms with Crippen LogP contribution in [0.2, 0.25) is 0 Å². The molecule has 0 spiro atoms. The molecule has 4 nitrogen and oxygen atoms in total. The smallest absolute Gasteiger partial charge is 0.251 e. The van der Waals surface area contributed by atoms with Crippen molar-refractivity contribution in [1.29, 1.82) is 0 Å². The molecule has 1 aromatic carbocycles. The Labute approximate surface area is 130 Å². The van der Waals surface area contributed by atoms with Crippen LogP contribution >= 0.6 is 0 Å². The van der Waals surface area contributed by atoms with E-state index < -0.39 is 0 Å². The molecule has 0 radical (unpaired) electrons. The molecule has 1 unspecified atom stereocenters. The van der Waals surface area contributed by atoms with Crippen molar-refractivity contribution in [2.24, 2.45) is 0 Å². The molecular weight excluding hydrogens is 276 g/mol. The van der Waals surface area contributed by atoms with Crippen molar-refractivity contribution < 1.29 is 4.79 Å². The van der Waals surface area contributed by atoms with Gasteiger partial charge in [-0.1, -0.05) is 24.3 Å². The van der Waals surface area contributed by atoms with Crippen LogP contribution in [0.15, 0.2) is 47.4 Å². The number of pyridine rings is 1. The van der Waals surface area contributed by atoms with Gasteiger partial charge in [0.05, 0.1) is 0 Å². The van der Waals surface area contributed by atoms with E-state index in [2.05, 4.69) is 24.4 Å². The van der Waals surface area contributed by atoms with Gasteiger partial charge in [-0.05, 0) is 49.9 Å². The number of carbonyl (C=O) groups is 1. The number of carbonyl (C=O) groups excluding carboxylic acids is 1. The van der Waals surface area contributed by atoms with Gasteiger partial charge in [-0.15, -0.1) is 0 Å². The van der Waals surface area contributed by atoms with E-state index >= 15 is 0 Å². The van der Waals surface area contributed by atoms with Crippen LogP contribution in [0.25, 0.3) is 0 Å². The fourth-order valence-electron chi connectivity index (χ4n) is 2.43. The Kier molecular flexibility index (Phi) is 5.15. The molecular formula is C18H22N2O2. The Morgan fingerprint density at radius 1 is 1.23 bits per heavy atom. The van der Waals surface area contributed by atoms with Crippen LogP contribution in [0.1, 0.15) is 23.6 Å². The summed E-state index contributed by atoms with van der Waals surface area (Å²) in [4.78, 5) is 23.8. The van der Waals surface area contributed by atoms with E-state index in [1.165, 1.54) is 21.8 Å². The van der Waals surface area contributed by atoms with Gasteiger partial charge in [0.2, 0.25) is 5.91 Å². The summed E-state index contributed by atoms with van der Waals surface area (Å²) in [5.41, 5.74) is 3.19. The monoisotopic (exact) mass is 298 g/mol. The fourth-order valence-corrected chi connectivity index (χ4v) is 2.43. The average molecular weight is 298 g/mol. The summed E-state index contributed by atoms with van der Waals surface area (Å²) in [5.74, 6) is -0.146. The van der Waals surface area contributed by atoms with Crippen LogP contribution in [0.4, 0.5) is 0 Å². The molecule has 1 atom stereocenters. The lowest BCUT2D eigenvalue weighted by Gasteiger charge is -2.16. The molecule has 0 saturated carbocycles. The van der Waals surface area contributed by atoms with Crippen molar-refractivity contribution in [1.82, 2.24) is 9.88 Å². The number of aryl methyl sites for hydroxylation is 2. The Bertz CT molecular complexity index is 719. The van der Waals surface area contributed by atoms with Gasteiger partial charge in [-0.3, -0.25) is 9.59 Å². The van der Waals surface area contributed by atoms with E-state index in [4.69, 9.17) is 0 Å². The zero-order valence-electron chi connectivity index (χ0n) is 13.3. The number of benzene rings is 1. The number of nitrogens with zero attached hydrogens (tertiary/aromatic N) is 1. The van der Waals surface area contributed by atoms with Crippen LogP contribution in [0.3, 0.4) is 0 Å². The van der Waals surface area contributed by atoms with Crippen molar-refractivity contribution in [2.45, 2.75) is 39.8 Å². The lowest BCUT2D eigenvalue weighted by molar-refractivity contribution is -0.122. The third-order valence-corrected chi connectivity index (χ3v) is 3.66. The summed E-state index contributed by atoms with van der Waals surface area (Å²) in [6, 6.07) is 11.5. The maximum absolute atomic E-state index is 12.1. The third-order valence-electron chi connectivity index (χ3n) is 3.66. The number of rotatable bonds is 5. The van der Waals surface area contributed by atoms with Gasteiger partial charge in [0.25, 0.3) is 5.56 Å². The van der Waals surface area contributed by atoms with Gasteiger partial charge in [0.15, 0.2) is 0 Å². The third kappa shape index (κ3) is 4.32. The molecule has 22 heavy (non-hydrogen) atoms. The van der Waals surface area contributed by atoms with Crippen molar-refractivity contribution in [3.05, 3.63) is 69.6 Å². The number of hydrogen-bond acceptors (Lipinski definition) is 2. The topological polar surface area (TPSA) is 51.1 Å². The van der Waals surface area contributed by atoms with E-state index in [-0.39, 0.29) is 24.1 Å². The highest BCUT2D eigenvalue weighted by molar-refractivity contribution is 5.76. The molecule has 2 aromatic rings. The summed E-state index contributed by atoms with van der Waals surface area (Å²) < 4.78 is 1.42. The minimum Gasteiger partial charge on any atom is -0.352 e. The van der Waals surface area contributed by atoms with Gasteiger partial charge in [0, 0.05) is 18.3 Å². The van der Waals surface area contributed by atoms with E-state index in [1.807, 2.05) is 32.0 Å². The second kappa shape index (κ2) is 7.07. The first-order valence-corrected chi connectivity index (χ1v) is 7.46. The molecule has 0 fully saturated rings. The number of amides is 1. The normalized spacial score (nSPS) is 12.0. The predicted molar refractivity (Wildman–Crippen MR) is 87.9 cm³/mol. The summed E-state index contributed by atoms with van der Waals surface area (Å²) in [6.07, 6.45) is 2.43. The highest BCUT2D eigenvalue weighted by atomic mass is 16.2. The molecule has 0 aliphatic carbocycles. The molecule has 0 aliphatic heterocycles. The van der Waals surface area contributed by atoms with Gasteiger partial charge >= 0.3 is 0 Å². The highest BCUT2D eigenvalue weighted by Crippen LogP contribution is 2.09. The molecule has 2 rings (SSSR count). The first-order chi connectivity index (χ1) is 10.5. The SMILES string of the molecule is Cc1ccn(CC(=O)NC(C)Cc2ccccc2C)c(=O)c1. The van der Waals surface area contributed by atoms with Crippen molar-refractivity contribution >= 4 is 5.91 Å². The molecule has 1 N–H and O–H groups in total. The standard InChI is InChI=1S/C18H22N2O2/c1-13-8-9-20(18(22)10-13)12-17(21)19-15(3)11-16-7-5-4-6-14(16)2/h4-10,15H,11-12H2,1-3H3,(H,19,21). The van der Waals surface area contributed by atoms with Gasteiger partial charge < -0.3 is 9.88 Å². The molecule has 1 amide bonds. The second-order valence-corrected chi connectivity index (χ2v) is 5.77. The Morgan fingerprint density at radius 3 is 2.64 bits per heavy atom. The van der Waals surface area contributed by atoms with Crippen molar-refractivity contribution in [3.8, 4) is 0 Å². The lowest BCUT2D eigenvalue weighted by Crippen LogP contribution is -2.38. The largest absolute Gasteiger partial charge is 0.352 e. The van der Waals surface area contributed by atoms with Crippen LogP contribution in [-0.4, -0.2) is 16.5 Å². The number of aromatic nitrogens is 1. The Hall–Kier alpha value is -2.36. The Balaban J connectivity index is 1.94. The highest BCUT2D eigenvalue weighted by Gasteiger charge is 2.10. The number of hydrogen-bond donors (Lipinski definition) is 1. The van der Waals surface area contributed by atoms with Gasteiger partial charge in [-0.25, -0.2) is 0 Å². The van der Waals surface area contributed by atoms with Gasteiger partial charge in [0.1, 0.15) is 6.54 Å². The minimum absolute atomic E-state index is 0.0229. The van der Waals surface area contributed by atoms with Crippen LogP contribution in [-0.2, 0) is 17.8 Å². The van der Waals surface area contributed by atoms with Gasteiger partial charge in [-0.2, -0.15) is 0 Å². The zero-order valence-corrected chi connectivity index (χ0v) is 13.3. The van der Waals surface area contributed by atoms with Crippen LogP contribution in [0.5, 0.6) is 0 Å².